The monoisotopic (exact) mass is 238 g/mol. The maximum absolute atomic E-state index is 11.7. The van der Waals surface area contributed by atoms with Crippen molar-refractivity contribution in [3.05, 3.63) is 29.8 Å². The summed E-state index contributed by atoms with van der Waals surface area (Å²) in [5, 5.41) is 9.38. The van der Waals surface area contributed by atoms with Crippen LogP contribution in [0.3, 0.4) is 0 Å². The molecule has 0 aliphatic heterocycles. The Morgan fingerprint density at radius 2 is 1.94 bits per heavy atom. The van der Waals surface area contributed by atoms with Crippen LogP contribution in [0.1, 0.15) is 19.4 Å². The van der Waals surface area contributed by atoms with Crippen LogP contribution < -0.4 is 4.74 Å². The number of rotatable bonds is 5. The first-order chi connectivity index (χ1) is 8.08. The third kappa shape index (κ3) is 2.77. The van der Waals surface area contributed by atoms with Gasteiger partial charge in [-0.3, -0.25) is 4.79 Å². The number of carbonyl (C=O) groups excluding carboxylic acids is 1. The average molecular weight is 238 g/mol. The summed E-state index contributed by atoms with van der Waals surface area (Å²) >= 11 is 0. The molecule has 0 aromatic heterocycles. The maximum Gasteiger partial charge on any atom is 0.318 e. The fraction of sp³-hybridized carbons (Fsp3) is 0.462. The van der Waals surface area contributed by atoms with Crippen LogP contribution in [0.15, 0.2) is 24.3 Å². The SMILES string of the molecule is CCOc1ccc(C(C)(CO)C(=O)OC)cc1. The van der Waals surface area contributed by atoms with Crippen LogP contribution in [0, 0.1) is 0 Å². The maximum atomic E-state index is 11.7. The summed E-state index contributed by atoms with van der Waals surface area (Å²) in [4.78, 5) is 11.7. The van der Waals surface area contributed by atoms with Crippen molar-refractivity contribution in [2.24, 2.45) is 0 Å². The number of aliphatic hydroxyl groups is 1. The minimum atomic E-state index is -1.03. The topological polar surface area (TPSA) is 55.8 Å². The normalized spacial score (nSPS) is 13.9. The highest BCUT2D eigenvalue weighted by Gasteiger charge is 2.35. The molecule has 1 unspecified atom stereocenters. The summed E-state index contributed by atoms with van der Waals surface area (Å²) in [6, 6.07) is 7.07. The highest BCUT2D eigenvalue weighted by molar-refractivity contribution is 5.82. The molecule has 0 spiro atoms. The van der Waals surface area contributed by atoms with Gasteiger partial charge < -0.3 is 14.6 Å². The zero-order valence-corrected chi connectivity index (χ0v) is 10.4. The Bertz CT molecular complexity index is 372. The average Bonchev–Trinajstić information content (AvgIpc) is 2.38. The minimum absolute atomic E-state index is 0.298. The van der Waals surface area contributed by atoms with Crippen LogP contribution >= 0.6 is 0 Å². The van der Waals surface area contributed by atoms with Crippen LogP contribution in [0.2, 0.25) is 0 Å². The Labute approximate surface area is 101 Å². The van der Waals surface area contributed by atoms with E-state index in [9.17, 15) is 9.90 Å². The van der Waals surface area contributed by atoms with E-state index in [4.69, 9.17) is 9.47 Å². The number of hydrogen-bond donors (Lipinski definition) is 1. The molecule has 0 aliphatic rings. The summed E-state index contributed by atoms with van der Waals surface area (Å²) in [5.41, 5.74) is -0.324. The molecule has 0 radical (unpaired) electrons. The second-order valence-electron chi connectivity index (χ2n) is 3.94. The Morgan fingerprint density at radius 1 is 1.35 bits per heavy atom. The number of carbonyl (C=O) groups is 1. The molecule has 1 aromatic rings. The summed E-state index contributed by atoms with van der Waals surface area (Å²) in [6.07, 6.45) is 0. The summed E-state index contributed by atoms with van der Waals surface area (Å²) in [5.74, 6) is 0.283. The first-order valence-electron chi connectivity index (χ1n) is 5.51. The van der Waals surface area contributed by atoms with Crippen molar-refractivity contribution >= 4 is 5.97 Å². The van der Waals surface area contributed by atoms with E-state index in [1.165, 1.54) is 7.11 Å². The van der Waals surface area contributed by atoms with Gasteiger partial charge in [-0.1, -0.05) is 12.1 Å². The molecule has 17 heavy (non-hydrogen) atoms. The third-order valence-electron chi connectivity index (χ3n) is 2.75. The fourth-order valence-electron chi connectivity index (χ4n) is 1.58. The minimum Gasteiger partial charge on any atom is -0.494 e. The van der Waals surface area contributed by atoms with Gasteiger partial charge in [0.1, 0.15) is 11.2 Å². The van der Waals surface area contributed by atoms with Gasteiger partial charge in [0.25, 0.3) is 0 Å². The van der Waals surface area contributed by atoms with Crippen LogP contribution in [-0.4, -0.2) is 31.4 Å². The van der Waals surface area contributed by atoms with E-state index >= 15 is 0 Å². The number of methoxy groups -OCH3 is 1. The number of aliphatic hydroxyl groups excluding tert-OH is 1. The van der Waals surface area contributed by atoms with Gasteiger partial charge in [-0.15, -0.1) is 0 Å². The molecule has 1 atom stereocenters. The molecule has 94 valence electrons. The van der Waals surface area contributed by atoms with E-state index in [0.717, 1.165) is 5.75 Å². The van der Waals surface area contributed by atoms with Crippen LogP contribution in [0.4, 0.5) is 0 Å². The Hall–Kier alpha value is -1.55. The lowest BCUT2D eigenvalue weighted by Crippen LogP contribution is -2.37. The van der Waals surface area contributed by atoms with Gasteiger partial charge >= 0.3 is 5.97 Å². The fourth-order valence-corrected chi connectivity index (χ4v) is 1.58. The van der Waals surface area contributed by atoms with E-state index in [-0.39, 0.29) is 6.61 Å². The smallest absolute Gasteiger partial charge is 0.318 e. The van der Waals surface area contributed by atoms with Gasteiger partial charge in [0.15, 0.2) is 0 Å². The molecule has 1 aromatic carbocycles. The summed E-state index contributed by atoms with van der Waals surface area (Å²) in [7, 11) is 1.31. The molecule has 0 aliphatic carbocycles. The highest BCUT2D eigenvalue weighted by atomic mass is 16.5. The van der Waals surface area contributed by atoms with E-state index in [0.29, 0.717) is 12.2 Å². The number of benzene rings is 1. The standard InChI is InChI=1S/C13H18O4/c1-4-17-11-7-5-10(6-8-11)13(2,9-14)12(15)16-3/h5-8,14H,4,9H2,1-3H3. The van der Waals surface area contributed by atoms with Gasteiger partial charge in [0.2, 0.25) is 0 Å². The number of ether oxygens (including phenoxy) is 2. The van der Waals surface area contributed by atoms with Gasteiger partial charge in [-0.2, -0.15) is 0 Å². The van der Waals surface area contributed by atoms with E-state index in [1.54, 1.807) is 31.2 Å². The Balaban J connectivity index is 3.00. The van der Waals surface area contributed by atoms with Crippen molar-refractivity contribution in [1.29, 1.82) is 0 Å². The van der Waals surface area contributed by atoms with Crippen molar-refractivity contribution in [1.82, 2.24) is 0 Å². The molecule has 0 saturated heterocycles. The zero-order valence-electron chi connectivity index (χ0n) is 10.4. The van der Waals surface area contributed by atoms with Crippen molar-refractivity contribution in [3.8, 4) is 5.75 Å². The molecule has 0 amide bonds. The third-order valence-corrected chi connectivity index (χ3v) is 2.75. The van der Waals surface area contributed by atoms with Gasteiger partial charge in [-0.05, 0) is 31.5 Å². The van der Waals surface area contributed by atoms with Crippen molar-refractivity contribution in [3.63, 3.8) is 0 Å². The second-order valence-corrected chi connectivity index (χ2v) is 3.94. The summed E-state index contributed by atoms with van der Waals surface area (Å²) in [6.45, 7) is 3.84. The van der Waals surface area contributed by atoms with E-state index < -0.39 is 11.4 Å². The van der Waals surface area contributed by atoms with Crippen molar-refractivity contribution in [2.75, 3.05) is 20.3 Å². The molecule has 0 bridgehead atoms. The molecule has 0 heterocycles. The van der Waals surface area contributed by atoms with Crippen molar-refractivity contribution < 1.29 is 19.4 Å². The molecule has 0 saturated carbocycles. The zero-order chi connectivity index (χ0) is 12.9. The molecular formula is C13H18O4. The van der Waals surface area contributed by atoms with E-state index in [1.807, 2.05) is 6.92 Å². The first-order valence-corrected chi connectivity index (χ1v) is 5.51. The Morgan fingerprint density at radius 3 is 2.35 bits per heavy atom. The lowest BCUT2D eigenvalue weighted by atomic mass is 9.83. The van der Waals surface area contributed by atoms with E-state index in [2.05, 4.69) is 0 Å². The van der Waals surface area contributed by atoms with Crippen LogP contribution in [0.25, 0.3) is 0 Å². The second kappa shape index (κ2) is 5.68. The molecular weight excluding hydrogens is 220 g/mol. The predicted molar refractivity (Wildman–Crippen MR) is 64.1 cm³/mol. The molecule has 4 heteroatoms. The van der Waals surface area contributed by atoms with Gasteiger partial charge in [0, 0.05) is 0 Å². The molecule has 1 N–H and O–H groups in total. The van der Waals surface area contributed by atoms with Crippen molar-refractivity contribution in [2.45, 2.75) is 19.3 Å². The summed E-state index contributed by atoms with van der Waals surface area (Å²) < 4.78 is 10.0. The molecule has 0 fully saturated rings. The predicted octanol–water partition coefficient (Wildman–Crippen LogP) is 1.51. The molecule has 1 rings (SSSR count). The van der Waals surface area contributed by atoms with Gasteiger partial charge in [-0.25, -0.2) is 0 Å². The van der Waals surface area contributed by atoms with Crippen LogP contribution in [0.5, 0.6) is 5.75 Å². The van der Waals surface area contributed by atoms with Crippen LogP contribution in [-0.2, 0) is 14.9 Å². The Kier molecular flexibility index (Phi) is 4.52. The van der Waals surface area contributed by atoms with Gasteiger partial charge in [0.05, 0.1) is 20.3 Å². The largest absolute Gasteiger partial charge is 0.494 e. The lowest BCUT2D eigenvalue weighted by Gasteiger charge is -2.24. The quantitative estimate of drug-likeness (QED) is 0.790. The highest BCUT2D eigenvalue weighted by Crippen LogP contribution is 2.26. The number of esters is 1. The first kappa shape index (κ1) is 13.5. The molecule has 4 nitrogen and oxygen atoms in total. The number of hydrogen-bond acceptors (Lipinski definition) is 4. The lowest BCUT2D eigenvalue weighted by molar-refractivity contribution is -0.148.